The number of aromatic nitrogens is 3. The summed E-state index contributed by atoms with van der Waals surface area (Å²) in [4.78, 5) is 28.3. The van der Waals surface area contributed by atoms with Crippen LogP contribution in [0.1, 0.15) is 24.4 Å². The lowest BCUT2D eigenvalue weighted by Crippen LogP contribution is -2.39. The predicted molar refractivity (Wildman–Crippen MR) is 87.2 cm³/mol. The van der Waals surface area contributed by atoms with Gasteiger partial charge in [0.2, 0.25) is 5.91 Å². The maximum absolute atomic E-state index is 12.4. The molecule has 0 saturated carbocycles. The van der Waals surface area contributed by atoms with Crippen molar-refractivity contribution in [2.75, 3.05) is 13.2 Å². The van der Waals surface area contributed by atoms with Gasteiger partial charge in [0.15, 0.2) is 0 Å². The van der Waals surface area contributed by atoms with E-state index in [-0.39, 0.29) is 30.0 Å². The summed E-state index contributed by atoms with van der Waals surface area (Å²) in [5, 5.41) is 6.97. The molecule has 0 aliphatic carbocycles. The molecule has 1 amide bonds. The quantitative estimate of drug-likeness (QED) is 0.882. The monoisotopic (exact) mass is 328 g/mol. The molecule has 7 nitrogen and oxygen atoms in total. The topological polar surface area (TPSA) is 86.1 Å². The number of amides is 1. The first-order valence-electron chi connectivity index (χ1n) is 8.03. The molecule has 0 spiro atoms. The van der Waals surface area contributed by atoms with Gasteiger partial charge in [-0.15, -0.1) is 0 Å². The van der Waals surface area contributed by atoms with Crippen LogP contribution >= 0.6 is 0 Å². The first kappa shape index (κ1) is 16.3. The fraction of sp³-hybridized carbons (Fsp3) is 0.412. The van der Waals surface area contributed by atoms with Gasteiger partial charge in [-0.2, -0.15) is 5.10 Å². The van der Waals surface area contributed by atoms with Crippen LogP contribution in [-0.2, 0) is 16.1 Å². The first-order valence-corrected chi connectivity index (χ1v) is 8.03. The van der Waals surface area contributed by atoms with E-state index < -0.39 is 0 Å². The molecule has 3 rings (SSSR count). The summed E-state index contributed by atoms with van der Waals surface area (Å²) in [6.07, 6.45) is 6.73. The number of hydrogen-bond donors (Lipinski definition) is 1. The Kier molecular flexibility index (Phi) is 5.32. The number of carbonyl (C=O) groups excluding carboxylic acids is 1. The van der Waals surface area contributed by atoms with Crippen molar-refractivity contribution in [1.82, 2.24) is 20.1 Å². The molecule has 7 heteroatoms. The van der Waals surface area contributed by atoms with Crippen molar-refractivity contribution in [3.63, 3.8) is 0 Å². The van der Waals surface area contributed by atoms with Crippen molar-refractivity contribution in [2.24, 2.45) is 5.92 Å². The Labute approximate surface area is 139 Å². The number of carbonyl (C=O) groups is 1. The van der Waals surface area contributed by atoms with E-state index in [1.54, 1.807) is 18.5 Å². The summed E-state index contributed by atoms with van der Waals surface area (Å²) in [7, 11) is 0. The Morgan fingerprint density at radius 2 is 2.08 bits per heavy atom. The van der Waals surface area contributed by atoms with Crippen LogP contribution in [0.15, 0.2) is 47.7 Å². The highest BCUT2D eigenvalue weighted by atomic mass is 16.5. The molecule has 1 aliphatic heterocycles. The Balaban J connectivity index is 1.75. The minimum atomic E-state index is -0.295. The zero-order chi connectivity index (χ0) is 16.8. The van der Waals surface area contributed by atoms with E-state index in [0.717, 1.165) is 23.1 Å². The van der Waals surface area contributed by atoms with Crippen LogP contribution in [0.5, 0.6) is 0 Å². The number of hydrogen-bond acceptors (Lipinski definition) is 5. The molecule has 1 unspecified atom stereocenters. The molecule has 1 saturated heterocycles. The average Bonchev–Trinajstić information content (AvgIpc) is 2.63. The molecule has 126 valence electrons. The highest BCUT2D eigenvalue weighted by Crippen LogP contribution is 2.29. The summed E-state index contributed by atoms with van der Waals surface area (Å²) in [6.45, 7) is 1.29. The SMILES string of the molecule is O=C(Cn1ncccc1=O)NC(c1cccnc1)C1CCOCC1. The van der Waals surface area contributed by atoms with Crippen molar-refractivity contribution in [3.05, 3.63) is 58.8 Å². The third kappa shape index (κ3) is 4.05. The molecule has 24 heavy (non-hydrogen) atoms. The van der Waals surface area contributed by atoms with Gasteiger partial charge in [-0.3, -0.25) is 14.6 Å². The number of nitrogens with zero attached hydrogens (tertiary/aromatic N) is 3. The van der Waals surface area contributed by atoms with Crippen molar-refractivity contribution < 1.29 is 9.53 Å². The van der Waals surface area contributed by atoms with E-state index in [4.69, 9.17) is 4.74 Å². The van der Waals surface area contributed by atoms with E-state index in [0.29, 0.717) is 13.2 Å². The number of rotatable bonds is 5. The van der Waals surface area contributed by atoms with Crippen LogP contribution in [0.3, 0.4) is 0 Å². The van der Waals surface area contributed by atoms with Gasteiger partial charge in [-0.05, 0) is 36.5 Å². The molecule has 1 N–H and O–H groups in total. The van der Waals surface area contributed by atoms with Gasteiger partial charge in [0, 0.05) is 37.9 Å². The molecule has 2 aromatic heterocycles. The van der Waals surface area contributed by atoms with E-state index >= 15 is 0 Å². The lowest BCUT2D eigenvalue weighted by atomic mass is 9.87. The zero-order valence-corrected chi connectivity index (χ0v) is 13.3. The maximum Gasteiger partial charge on any atom is 0.267 e. The van der Waals surface area contributed by atoms with Gasteiger partial charge in [0.25, 0.3) is 5.56 Å². The van der Waals surface area contributed by atoms with Crippen LogP contribution in [-0.4, -0.2) is 33.9 Å². The number of nitrogens with one attached hydrogen (secondary N) is 1. The highest BCUT2D eigenvalue weighted by molar-refractivity contribution is 5.76. The number of ether oxygens (including phenoxy) is 1. The minimum Gasteiger partial charge on any atom is -0.381 e. The second-order valence-corrected chi connectivity index (χ2v) is 5.80. The summed E-state index contributed by atoms with van der Waals surface area (Å²) in [5.74, 6) is 0.0449. The third-order valence-electron chi connectivity index (χ3n) is 4.18. The molecule has 0 aromatic carbocycles. The third-order valence-corrected chi connectivity index (χ3v) is 4.18. The average molecular weight is 328 g/mol. The Bertz CT molecular complexity index is 726. The molecule has 0 bridgehead atoms. The predicted octanol–water partition coefficient (Wildman–Crippen LogP) is 0.922. The van der Waals surface area contributed by atoms with Gasteiger partial charge >= 0.3 is 0 Å². The maximum atomic E-state index is 12.4. The number of pyridine rings is 1. The molecule has 1 aliphatic rings. The second kappa shape index (κ2) is 7.83. The first-order chi connectivity index (χ1) is 11.7. The van der Waals surface area contributed by atoms with Gasteiger partial charge in [-0.1, -0.05) is 6.07 Å². The fourth-order valence-electron chi connectivity index (χ4n) is 2.94. The van der Waals surface area contributed by atoms with Crippen LogP contribution < -0.4 is 10.9 Å². The smallest absolute Gasteiger partial charge is 0.267 e. The summed E-state index contributed by atoms with van der Waals surface area (Å²) >= 11 is 0. The van der Waals surface area contributed by atoms with Crippen molar-refractivity contribution in [3.8, 4) is 0 Å². The minimum absolute atomic E-state index is 0.0976. The largest absolute Gasteiger partial charge is 0.381 e. The summed E-state index contributed by atoms with van der Waals surface area (Å²) in [5.41, 5.74) is 0.669. The zero-order valence-electron chi connectivity index (χ0n) is 13.3. The molecule has 1 fully saturated rings. The van der Waals surface area contributed by atoms with Crippen LogP contribution in [0.25, 0.3) is 0 Å². The molecule has 2 aromatic rings. The second-order valence-electron chi connectivity index (χ2n) is 5.80. The van der Waals surface area contributed by atoms with Gasteiger partial charge in [0.1, 0.15) is 6.54 Å². The van der Waals surface area contributed by atoms with Crippen LogP contribution in [0, 0.1) is 5.92 Å². The standard InChI is InChI=1S/C17H20N4O3/c22-15(12-21-16(23)4-2-8-19-21)20-17(13-5-9-24-10-6-13)14-3-1-7-18-11-14/h1-4,7-8,11,13,17H,5-6,9-10,12H2,(H,20,22). The van der Waals surface area contributed by atoms with E-state index in [2.05, 4.69) is 15.4 Å². The Morgan fingerprint density at radius 3 is 2.79 bits per heavy atom. The summed E-state index contributed by atoms with van der Waals surface area (Å²) in [6, 6.07) is 6.61. The van der Waals surface area contributed by atoms with Crippen molar-refractivity contribution in [2.45, 2.75) is 25.4 Å². The highest BCUT2D eigenvalue weighted by Gasteiger charge is 2.27. The van der Waals surface area contributed by atoms with Gasteiger partial charge in [0.05, 0.1) is 6.04 Å². The molecular formula is C17H20N4O3. The molecule has 0 radical (unpaired) electrons. The normalized spacial score (nSPS) is 16.5. The van der Waals surface area contributed by atoms with Crippen LogP contribution in [0.4, 0.5) is 0 Å². The lowest BCUT2D eigenvalue weighted by Gasteiger charge is -2.31. The molecule has 3 heterocycles. The van der Waals surface area contributed by atoms with E-state index in [1.807, 2.05) is 12.1 Å². The fourth-order valence-corrected chi connectivity index (χ4v) is 2.94. The van der Waals surface area contributed by atoms with E-state index in [1.165, 1.54) is 12.3 Å². The Hall–Kier alpha value is -2.54. The lowest BCUT2D eigenvalue weighted by molar-refractivity contribution is -0.123. The van der Waals surface area contributed by atoms with Gasteiger partial charge < -0.3 is 10.1 Å². The molecule has 1 atom stereocenters. The van der Waals surface area contributed by atoms with Gasteiger partial charge in [-0.25, -0.2) is 4.68 Å². The van der Waals surface area contributed by atoms with Crippen molar-refractivity contribution >= 4 is 5.91 Å². The summed E-state index contributed by atoms with van der Waals surface area (Å²) < 4.78 is 6.57. The molecular weight excluding hydrogens is 308 g/mol. The van der Waals surface area contributed by atoms with Crippen LogP contribution in [0.2, 0.25) is 0 Å². The Morgan fingerprint density at radius 1 is 1.29 bits per heavy atom. The van der Waals surface area contributed by atoms with E-state index in [9.17, 15) is 9.59 Å². The van der Waals surface area contributed by atoms with Crippen molar-refractivity contribution in [1.29, 1.82) is 0 Å².